The third-order valence-electron chi connectivity index (χ3n) is 4.11. The van der Waals surface area contributed by atoms with Crippen LogP contribution in [0.2, 0.25) is 0 Å². The zero-order valence-electron chi connectivity index (χ0n) is 19.0. The number of halogens is 3. The normalized spacial score (nSPS) is 13.3. The molecule has 11 heteroatoms. The molecule has 0 aromatic rings. The summed E-state index contributed by atoms with van der Waals surface area (Å²) in [5.74, 6) is -2.85. The van der Waals surface area contributed by atoms with Crippen LogP contribution >= 0.6 is 0 Å². The fraction of sp³-hybridized carbons (Fsp3) is 0.789. The van der Waals surface area contributed by atoms with Gasteiger partial charge in [-0.1, -0.05) is 20.8 Å². The van der Waals surface area contributed by atoms with Gasteiger partial charge >= 0.3 is 6.18 Å². The molecule has 0 saturated heterocycles. The number of carbonyl (C=O) groups excluding carboxylic acids is 4. The van der Waals surface area contributed by atoms with Crippen LogP contribution in [0.3, 0.4) is 0 Å². The Kier molecular flexibility index (Phi) is 8.12. The van der Waals surface area contributed by atoms with Crippen LogP contribution in [0, 0.1) is 5.41 Å². The minimum atomic E-state index is -4.59. The molecule has 8 nitrogen and oxygen atoms in total. The summed E-state index contributed by atoms with van der Waals surface area (Å²) in [4.78, 5) is 49.5. The average Bonchev–Trinajstić information content (AvgIpc) is 2.49. The molecule has 0 radical (unpaired) electrons. The summed E-state index contributed by atoms with van der Waals surface area (Å²) in [5, 5.41) is 9.14. The molecule has 30 heavy (non-hydrogen) atoms. The van der Waals surface area contributed by atoms with Crippen LogP contribution < -0.4 is 21.3 Å². The molecule has 0 unspecified atom stereocenters. The van der Waals surface area contributed by atoms with E-state index in [0.717, 1.165) is 0 Å². The summed E-state index contributed by atoms with van der Waals surface area (Å²) in [6.45, 7) is 11.6. The van der Waals surface area contributed by atoms with Gasteiger partial charge in [0, 0.05) is 5.41 Å². The number of amides is 4. The monoisotopic (exact) mass is 438 g/mol. The standard InChI is InChI=1S/C19H33F3N4O4/c1-15(2,3)11(27)24-17(6,7)13(29)26-18(8,9)14(30)25-16(4,5)12(28)23-10-19(20,21)22/h10H2,1-9H3,(H,23,28)(H,24,27)(H,25,30)(H,26,29). The topological polar surface area (TPSA) is 116 Å². The molecule has 0 rings (SSSR count). The number of hydrogen-bond acceptors (Lipinski definition) is 4. The highest BCUT2D eigenvalue weighted by molar-refractivity contribution is 5.98. The molecular weight excluding hydrogens is 405 g/mol. The number of rotatable bonds is 7. The molecule has 0 fully saturated rings. The van der Waals surface area contributed by atoms with Gasteiger partial charge in [0.2, 0.25) is 23.6 Å². The Balaban J connectivity index is 5.18. The molecule has 0 heterocycles. The minimum absolute atomic E-state index is 0.368. The molecule has 0 aliphatic heterocycles. The number of nitrogens with one attached hydrogen (secondary N) is 4. The zero-order valence-corrected chi connectivity index (χ0v) is 19.0. The molecule has 174 valence electrons. The fourth-order valence-corrected chi connectivity index (χ4v) is 1.92. The lowest BCUT2D eigenvalue weighted by atomic mass is 9.92. The molecule has 0 atom stereocenters. The van der Waals surface area contributed by atoms with Gasteiger partial charge in [-0.3, -0.25) is 19.2 Å². The van der Waals surface area contributed by atoms with Gasteiger partial charge in [-0.25, -0.2) is 0 Å². The van der Waals surface area contributed by atoms with E-state index in [2.05, 4.69) is 16.0 Å². The Morgan fingerprint density at radius 2 is 0.867 bits per heavy atom. The van der Waals surface area contributed by atoms with E-state index < -0.39 is 52.5 Å². The van der Waals surface area contributed by atoms with Gasteiger partial charge in [0.1, 0.15) is 23.2 Å². The van der Waals surface area contributed by atoms with E-state index in [1.165, 1.54) is 41.5 Å². The van der Waals surface area contributed by atoms with Crippen LogP contribution in [0.15, 0.2) is 0 Å². The molecule has 0 spiro atoms. The molecule has 0 bridgehead atoms. The molecule has 0 aliphatic rings. The second-order valence-electron chi connectivity index (χ2n) is 9.79. The van der Waals surface area contributed by atoms with Gasteiger partial charge in [-0.15, -0.1) is 0 Å². The van der Waals surface area contributed by atoms with E-state index in [1.54, 1.807) is 26.1 Å². The van der Waals surface area contributed by atoms with Crippen molar-refractivity contribution in [3.05, 3.63) is 0 Å². The highest BCUT2D eigenvalue weighted by atomic mass is 19.4. The van der Waals surface area contributed by atoms with E-state index >= 15 is 0 Å². The van der Waals surface area contributed by atoms with Crippen LogP contribution in [0.1, 0.15) is 62.3 Å². The van der Waals surface area contributed by atoms with E-state index in [1.807, 2.05) is 0 Å². The Bertz CT molecular complexity index is 693. The second-order valence-corrected chi connectivity index (χ2v) is 9.79. The first-order valence-electron chi connectivity index (χ1n) is 9.34. The lowest BCUT2D eigenvalue weighted by Crippen LogP contribution is -2.66. The Morgan fingerprint density at radius 1 is 0.567 bits per heavy atom. The van der Waals surface area contributed by atoms with Crippen molar-refractivity contribution in [3.63, 3.8) is 0 Å². The van der Waals surface area contributed by atoms with Gasteiger partial charge in [0.25, 0.3) is 0 Å². The molecule has 4 amide bonds. The molecule has 4 N–H and O–H groups in total. The highest BCUT2D eigenvalue weighted by Gasteiger charge is 2.41. The summed E-state index contributed by atoms with van der Waals surface area (Å²) < 4.78 is 36.9. The lowest BCUT2D eigenvalue weighted by molar-refractivity contribution is -0.144. The Hall–Kier alpha value is -2.33. The quantitative estimate of drug-likeness (QED) is 0.481. The maximum atomic E-state index is 12.6. The van der Waals surface area contributed by atoms with Crippen molar-refractivity contribution in [3.8, 4) is 0 Å². The van der Waals surface area contributed by atoms with Crippen LogP contribution in [-0.4, -0.2) is 53.0 Å². The van der Waals surface area contributed by atoms with E-state index in [4.69, 9.17) is 0 Å². The summed E-state index contributed by atoms with van der Waals surface area (Å²) in [6.07, 6.45) is -4.59. The smallest absolute Gasteiger partial charge is 0.345 e. The maximum Gasteiger partial charge on any atom is 0.405 e. The van der Waals surface area contributed by atoms with Crippen molar-refractivity contribution in [2.24, 2.45) is 5.41 Å². The van der Waals surface area contributed by atoms with Crippen LogP contribution in [-0.2, 0) is 19.2 Å². The molecule has 0 aromatic heterocycles. The van der Waals surface area contributed by atoms with E-state index in [9.17, 15) is 32.3 Å². The first kappa shape index (κ1) is 27.7. The van der Waals surface area contributed by atoms with Crippen molar-refractivity contribution < 1.29 is 32.3 Å². The van der Waals surface area contributed by atoms with Gasteiger partial charge in [0.05, 0.1) is 0 Å². The zero-order chi connectivity index (χ0) is 24.3. The van der Waals surface area contributed by atoms with Crippen molar-refractivity contribution >= 4 is 23.6 Å². The summed E-state index contributed by atoms with van der Waals surface area (Å²) in [7, 11) is 0. The fourth-order valence-electron chi connectivity index (χ4n) is 1.92. The summed E-state index contributed by atoms with van der Waals surface area (Å²) in [5.41, 5.74) is -5.28. The predicted octanol–water partition coefficient (Wildman–Crippen LogP) is 1.40. The number of alkyl halides is 3. The van der Waals surface area contributed by atoms with Crippen molar-refractivity contribution in [1.29, 1.82) is 0 Å². The lowest BCUT2D eigenvalue weighted by Gasteiger charge is -2.35. The maximum absolute atomic E-state index is 12.6. The van der Waals surface area contributed by atoms with E-state index in [0.29, 0.717) is 0 Å². The molecule has 0 aliphatic carbocycles. The third-order valence-corrected chi connectivity index (χ3v) is 4.11. The van der Waals surface area contributed by atoms with E-state index in [-0.39, 0.29) is 5.91 Å². The Morgan fingerprint density at radius 3 is 1.17 bits per heavy atom. The van der Waals surface area contributed by atoms with Crippen molar-refractivity contribution in [1.82, 2.24) is 21.3 Å². The highest BCUT2D eigenvalue weighted by Crippen LogP contribution is 2.17. The van der Waals surface area contributed by atoms with Crippen LogP contribution in [0.25, 0.3) is 0 Å². The SMILES string of the molecule is CC(C)(C)C(=O)NC(C)(C)C(=O)NC(C)(C)C(=O)NC(C)(C)C(=O)NCC(F)(F)F. The molecule has 0 aromatic carbocycles. The first-order chi connectivity index (χ1) is 13.0. The first-order valence-corrected chi connectivity index (χ1v) is 9.34. The van der Waals surface area contributed by atoms with Gasteiger partial charge in [-0.2, -0.15) is 13.2 Å². The summed E-state index contributed by atoms with van der Waals surface area (Å²) in [6, 6.07) is 0. The molecule has 0 saturated carbocycles. The molecular formula is C19H33F3N4O4. The third kappa shape index (κ3) is 8.58. The number of hydrogen-bond donors (Lipinski definition) is 4. The Labute approximate surface area is 175 Å². The summed E-state index contributed by atoms with van der Waals surface area (Å²) >= 11 is 0. The predicted molar refractivity (Wildman–Crippen MR) is 105 cm³/mol. The van der Waals surface area contributed by atoms with Crippen LogP contribution in [0.5, 0.6) is 0 Å². The van der Waals surface area contributed by atoms with Gasteiger partial charge < -0.3 is 21.3 Å². The van der Waals surface area contributed by atoms with Crippen molar-refractivity contribution in [2.75, 3.05) is 6.54 Å². The largest absolute Gasteiger partial charge is 0.405 e. The van der Waals surface area contributed by atoms with Crippen molar-refractivity contribution in [2.45, 2.75) is 85.1 Å². The second kappa shape index (κ2) is 8.81. The number of carbonyl (C=O) groups is 4. The van der Waals surface area contributed by atoms with Gasteiger partial charge in [-0.05, 0) is 41.5 Å². The van der Waals surface area contributed by atoms with Gasteiger partial charge in [0.15, 0.2) is 0 Å². The van der Waals surface area contributed by atoms with Crippen LogP contribution in [0.4, 0.5) is 13.2 Å². The average molecular weight is 438 g/mol. The minimum Gasteiger partial charge on any atom is -0.345 e.